The molecule has 6 nitrogen and oxygen atoms in total. The zero-order valence-corrected chi connectivity index (χ0v) is 14.6. The fourth-order valence-electron chi connectivity index (χ4n) is 2.04. The van der Waals surface area contributed by atoms with Crippen molar-refractivity contribution in [3.63, 3.8) is 0 Å². The molecular weight excluding hydrogens is 300 g/mol. The third-order valence-electron chi connectivity index (χ3n) is 3.49. The van der Waals surface area contributed by atoms with E-state index in [1.54, 1.807) is 36.3 Å². The van der Waals surface area contributed by atoms with Crippen molar-refractivity contribution in [1.82, 2.24) is 15.0 Å². The predicted octanol–water partition coefficient (Wildman–Crippen LogP) is 4.10. The van der Waals surface area contributed by atoms with Crippen LogP contribution in [-0.2, 0) is 0 Å². The average molecular weight is 322 g/mol. The van der Waals surface area contributed by atoms with Crippen molar-refractivity contribution >= 4 is 23.2 Å². The molecule has 0 saturated carbocycles. The zero-order chi connectivity index (χ0) is 16.4. The van der Waals surface area contributed by atoms with Crippen molar-refractivity contribution in [3.8, 4) is 0 Å². The van der Waals surface area contributed by atoms with Gasteiger partial charge in [-0.15, -0.1) is 11.3 Å². The normalized spacial score (nSPS) is 12.5. The maximum Gasteiger partial charge on any atom is 0.323 e. The van der Waals surface area contributed by atoms with Crippen molar-refractivity contribution in [3.05, 3.63) is 27.4 Å². The van der Waals surface area contributed by atoms with E-state index in [0.29, 0.717) is 17.5 Å². The lowest BCUT2D eigenvalue weighted by Crippen LogP contribution is -2.33. The van der Waals surface area contributed by atoms with E-state index in [9.17, 15) is 4.79 Å². The molecule has 2 aromatic rings. The molecule has 0 aliphatic carbocycles. The number of nitrogens with one attached hydrogen (secondary N) is 1. The zero-order valence-electron chi connectivity index (χ0n) is 13.8. The van der Waals surface area contributed by atoms with Crippen LogP contribution in [0.5, 0.6) is 0 Å². The van der Waals surface area contributed by atoms with Crippen LogP contribution < -0.4 is 5.32 Å². The van der Waals surface area contributed by atoms with E-state index >= 15 is 0 Å². The Labute approximate surface area is 134 Å². The maximum atomic E-state index is 12.3. The summed E-state index contributed by atoms with van der Waals surface area (Å²) in [5.74, 6) is 1.47. The molecule has 0 bridgehead atoms. The van der Waals surface area contributed by atoms with Gasteiger partial charge in [0.2, 0.25) is 0 Å². The van der Waals surface area contributed by atoms with Gasteiger partial charge in [0.05, 0.1) is 16.7 Å². The molecule has 2 rings (SSSR count). The number of urea groups is 1. The largest absolute Gasteiger partial charge is 0.360 e. The Balaban J connectivity index is 2.11. The quantitative estimate of drug-likeness (QED) is 0.920. The summed E-state index contributed by atoms with van der Waals surface area (Å²) >= 11 is 1.66. The van der Waals surface area contributed by atoms with Crippen LogP contribution in [0.25, 0.3) is 0 Å². The standard InChI is InChI=1S/C15H22N4O2S/c1-8(2)14-16-10(4)13(22-14)11(5)19(6)15(20)17-12-7-9(3)21-18-12/h7-8,11H,1-6H3,(H,17,18,20)/t11-/m1/s1. The Kier molecular flexibility index (Phi) is 4.85. The molecule has 1 atom stereocenters. The second-order valence-electron chi connectivity index (χ2n) is 5.70. The Morgan fingerprint density at radius 1 is 1.36 bits per heavy atom. The first kappa shape index (κ1) is 16.5. The number of carbonyl (C=O) groups is 1. The maximum absolute atomic E-state index is 12.3. The highest BCUT2D eigenvalue weighted by molar-refractivity contribution is 7.11. The van der Waals surface area contributed by atoms with Crippen molar-refractivity contribution < 1.29 is 9.32 Å². The summed E-state index contributed by atoms with van der Waals surface area (Å²) in [5.41, 5.74) is 0.984. The van der Waals surface area contributed by atoms with Gasteiger partial charge in [-0.1, -0.05) is 19.0 Å². The van der Waals surface area contributed by atoms with Gasteiger partial charge in [0.25, 0.3) is 0 Å². The Bertz CT molecular complexity index is 662. The van der Waals surface area contributed by atoms with Gasteiger partial charge in [0, 0.05) is 23.9 Å². The van der Waals surface area contributed by atoms with Gasteiger partial charge in [-0.3, -0.25) is 5.32 Å². The number of aromatic nitrogens is 2. The van der Waals surface area contributed by atoms with Crippen LogP contribution in [0, 0.1) is 13.8 Å². The second-order valence-corrected chi connectivity index (χ2v) is 6.76. The van der Waals surface area contributed by atoms with Gasteiger partial charge in [0.1, 0.15) is 5.76 Å². The van der Waals surface area contributed by atoms with E-state index in [4.69, 9.17) is 4.52 Å². The van der Waals surface area contributed by atoms with Crippen molar-refractivity contribution in [2.45, 2.75) is 46.6 Å². The first-order valence-electron chi connectivity index (χ1n) is 7.24. The summed E-state index contributed by atoms with van der Waals surface area (Å²) in [4.78, 5) is 19.7. The molecule has 0 spiro atoms. The van der Waals surface area contributed by atoms with Crippen molar-refractivity contribution in [2.75, 3.05) is 12.4 Å². The van der Waals surface area contributed by atoms with Crippen LogP contribution >= 0.6 is 11.3 Å². The van der Waals surface area contributed by atoms with Crippen LogP contribution in [0.4, 0.5) is 10.6 Å². The third-order valence-corrected chi connectivity index (χ3v) is 5.11. The van der Waals surface area contributed by atoms with E-state index in [0.717, 1.165) is 15.6 Å². The summed E-state index contributed by atoms with van der Waals surface area (Å²) in [6, 6.07) is 1.41. The minimum atomic E-state index is -0.223. The molecule has 120 valence electrons. The van der Waals surface area contributed by atoms with E-state index in [1.807, 2.05) is 13.8 Å². The van der Waals surface area contributed by atoms with Gasteiger partial charge in [-0.25, -0.2) is 9.78 Å². The Morgan fingerprint density at radius 2 is 2.05 bits per heavy atom. The third kappa shape index (κ3) is 3.47. The molecule has 0 fully saturated rings. The number of thiazole rings is 1. The smallest absolute Gasteiger partial charge is 0.323 e. The number of carbonyl (C=O) groups excluding carboxylic acids is 1. The van der Waals surface area contributed by atoms with E-state index in [1.165, 1.54) is 0 Å². The Morgan fingerprint density at radius 3 is 2.55 bits per heavy atom. The van der Waals surface area contributed by atoms with Gasteiger partial charge < -0.3 is 9.42 Å². The molecule has 0 radical (unpaired) electrons. The van der Waals surface area contributed by atoms with Gasteiger partial charge in [-0.05, 0) is 20.8 Å². The fraction of sp³-hybridized carbons (Fsp3) is 0.533. The summed E-state index contributed by atoms with van der Waals surface area (Å²) in [6.45, 7) is 10.0. The number of amides is 2. The summed E-state index contributed by atoms with van der Waals surface area (Å²) < 4.78 is 4.95. The van der Waals surface area contributed by atoms with Crippen LogP contribution in [0.1, 0.15) is 54.1 Å². The molecule has 0 saturated heterocycles. The molecule has 7 heteroatoms. The van der Waals surface area contributed by atoms with Crippen molar-refractivity contribution in [1.29, 1.82) is 0 Å². The SMILES string of the molecule is Cc1cc(NC(=O)N(C)[C@H](C)c2sc(C(C)C)nc2C)no1. The first-order chi connectivity index (χ1) is 10.3. The lowest BCUT2D eigenvalue weighted by molar-refractivity contribution is 0.208. The molecule has 2 aromatic heterocycles. The highest BCUT2D eigenvalue weighted by Gasteiger charge is 2.23. The molecule has 0 unspecified atom stereocenters. The number of hydrogen-bond acceptors (Lipinski definition) is 5. The summed E-state index contributed by atoms with van der Waals surface area (Å²) in [7, 11) is 1.77. The number of rotatable bonds is 4. The Hall–Kier alpha value is -1.89. The van der Waals surface area contributed by atoms with Gasteiger partial charge in [0.15, 0.2) is 5.82 Å². The van der Waals surface area contributed by atoms with Crippen LogP contribution in [0.15, 0.2) is 10.6 Å². The molecule has 1 N–H and O–H groups in total. The monoisotopic (exact) mass is 322 g/mol. The predicted molar refractivity (Wildman–Crippen MR) is 87.4 cm³/mol. The lowest BCUT2D eigenvalue weighted by atomic mass is 10.2. The van der Waals surface area contributed by atoms with Crippen LogP contribution in [0.2, 0.25) is 0 Å². The van der Waals surface area contributed by atoms with E-state index < -0.39 is 0 Å². The first-order valence-corrected chi connectivity index (χ1v) is 8.05. The molecule has 2 amide bonds. The molecule has 22 heavy (non-hydrogen) atoms. The number of aryl methyl sites for hydroxylation is 2. The van der Waals surface area contributed by atoms with Crippen LogP contribution in [-0.4, -0.2) is 28.1 Å². The molecular formula is C15H22N4O2S. The highest BCUT2D eigenvalue weighted by Crippen LogP contribution is 2.32. The number of nitrogens with zero attached hydrogens (tertiary/aromatic N) is 3. The summed E-state index contributed by atoms with van der Waals surface area (Å²) in [5, 5.41) is 7.60. The topological polar surface area (TPSA) is 71.3 Å². The van der Waals surface area contributed by atoms with Crippen molar-refractivity contribution in [2.24, 2.45) is 0 Å². The molecule has 0 aliphatic rings. The number of hydrogen-bond donors (Lipinski definition) is 1. The lowest BCUT2D eigenvalue weighted by Gasteiger charge is -2.24. The van der Waals surface area contributed by atoms with Crippen LogP contribution in [0.3, 0.4) is 0 Å². The number of anilines is 1. The van der Waals surface area contributed by atoms with Gasteiger partial charge >= 0.3 is 6.03 Å². The van der Waals surface area contributed by atoms with Gasteiger partial charge in [-0.2, -0.15) is 0 Å². The van der Waals surface area contributed by atoms with E-state index in [-0.39, 0.29) is 12.1 Å². The fourth-order valence-corrected chi connectivity index (χ4v) is 3.20. The average Bonchev–Trinajstić information content (AvgIpc) is 3.03. The molecule has 0 aliphatic heterocycles. The molecule has 0 aromatic carbocycles. The minimum Gasteiger partial charge on any atom is -0.360 e. The second kappa shape index (κ2) is 6.48. The van der Waals surface area contributed by atoms with E-state index in [2.05, 4.69) is 29.3 Å². The molecule has 2 heterocycles. The minimum absolute atomic E-state index is 0.0574. The summed E-state index contributed by atoms with van der Waals surface area (Å²) in [6.07, 6.45) is 0. The highest BCUT2D eigenvalue weighted by atomic mass is 32.1.